The second-order valence-electron chi connectivity index (χ2n) is 10.1. The second-order valence-corrected chi connectivity index (χ2v) is 10.1. The minimum absolute atomic E-state index is 0.0476. The standard InChI is InChI=1S/C23H36N2O3/c1-22(2,3)17-12-15(13-18(21(17)28)23(4,5)6)8-11-20(27)25(7)14-19(26)24-16-9-10-16/h12-13,16,28H,8-11,14H2,1-7H3,(H,24,26). The number of amides is 2. The van der Waals surface area contributed by atoms with Crippen LogP contribution in [-0.4, -0.2) is 41.5 Å². The van der Waals surface area contributed by atoms with Crippen molar-refractivity contribution in [3.8, 4) is 5.75 Å². The van der Waals surface area contributed by atoms with E-state index in [2.05, 4.69) is 46.9 Å². The number of carbonyl (C=O) groups is 2. The van der Waals surface area contributed by atoms with Crippen LogP contribution in [0.1, 0.15) is 77.5 Å². The maximum atomic E-state index is 12.5. The zero-order chi connectivity index (χ0) is 21.3. The fraction of sp³-hybridized carbons (Fsp3) is 0.652. The maximum absolute atomic E-state index is 12.5. The van der Waals surface area contributed by atoms with E-state index in [1.54, 1.807) is 7.05 Å². The summed E-state index contributed by atoms with van der Waals surface area (Å²) in [7, 11) is 1.67. The molecule has 5 heteroatoms. The molecule has 5 nitrogen and oxygen atoms in total. The smallest absolute Gasteiger partial charge is 0.239 e. The van der Waals surface area contributed by atoms with Gasteiger partial charge < -0.3 is 15.3 Å². The highest BCUT2D eigenvalue weighted by atomic mass is 16.3. The molecular weight excluding hydrogens is 352 g/mol. The van der Waals surface area contributed by atoms with E-state index in [0.29, 0.717) is 24.6 Å². The molecule has 0 saturated heterocycles. The molecule has 1 aromatic carbocycles. The van der Waals surface area contributed by atoms with E-state index >= 15 is 0 Å². The molecule has 0 spiro atoms. The number of hydrogen-bond acceptors (Lipinski definition) is 3. The van der Waals surface area contributed by atoms with Gasteiger partial charge in [0.05, 0.1) is 6.54 Å². The topological polar surface area (TPSA) is 69.6 Å². The second kappa shape index (κ2) is 8.14. The molecule has 0 bridgehead atoms. The Hall–Kier alpha value is -2.04. The van der Waals surface area contributed by atoms with E-state index in [1.807, 2.05) is 12.1 Å². The number of phenols is 1. The molecule has 0 unspecified atom stereocenters. The number of hydrogen-bond donors (Lipinski definition) is 2. The van der Waals surface area contributed by atoms with Gasteiger partial charge in [-0.05, 0) is 46.8 Å². The van der Waals surface area contributed by atoms with Crippen molar-refractivity contribution in [1.29, 1.82) is 0 Å². The van der Waals surface area contributed by atoms with Crippen molar-refractivity contribution in [1.82, 2.24) is 10.2 Å². The van der Waals surface area contributed by atoms with Crippen molar-refractivity contribution < 1.29 is 14.7 Å². The Kier molecular flexibility index (Phi) is 6.47. The Morgan fingerprint density at radius 3 is 2.00 bits per heavy atom. The molecule has 0 atom stereocenters. The van der Waals surface area contributed by atoms with Crippen LogP contribution in [0.2, 0.25) is 0 Å². The normalized spacial score (nSPS) is 14.7. The summed E-state index contributed by atoms with van der Waals surface area (Å²) < 4.78 is 0. The average Bonchev–Trinajstić information content (AvgIpc) is 3.34. The van der Waals surface area contributed by atoms with Crippen LogP contribution in [0.15, 0.2) is 12.1 Å². The summed E-state index contributed by atoms with van der Waals surface area (Å²) in [6.07, 6.45) is 3.00. The Bertz CT molecular complexity index is 702. The molecule has 1 saturated carbocycles. The SMILES string of the molecule is CN(CC(=O)NC1CC1)C(=O)CCc1cc(C(C)(C)C)c(O)c(C(C)(C)C)c1. The maximum Gasteiger partial charge on any atom is 0.239 e. The lowest BCUT2D eigenvalue weighted by molar-refractivity contribution is -0.134. The van der Waals surface area contributed by atoms with Crippen molar-refractivity contribution in [2.75, 3.05) is 13.6 Å². The Morgan fingerprint density at radius 1 is 1.07 bits per heavy atom. The van der Waals surface area contributed by atoms with Crippen LogP contribution < -0.4 is 5.32 Å². The molecule has 0 aromatic heterocycles. The van der Waals surface area contributed by atoms with Crippen molar-refractivity contribution in [2.45, 2.75) is 84.1 Å². The van der Waals surface area contributed by atoms with Gasteiger partial charge in [-0.15, -0.1) is 0 Å². The average molecular weight is 389 g/mol. The number of nitrogens with one attached hydrogen (secondary N) is 1. The zero-order valence-corrected chi connectivity index (χ0v) is 18.5. The first-order valence-corrected chi connectivity index (χ1v) is 10.2. The summed E-state index contributed by atoms with van der Waals surface area (Å²) in [5.41, 5.74) is 2.46. The van der Waals surface area contributed by atoms with Crippen LogP contribution in [0.5, 0.6) is 5.75 Å². The molecule has 1 aliphatic rings. The van der Waals surface area contributed by atoms with Crippen LogP contribution in [0.3, 0.4) is 0 Å². The molecule has 156 valence electrons. The number of benzene rings is 1. The summed E-state index contributed by atoms with van der Waals surface area (Å²) in [4.78, 5) is 25.9. The molecule has 0 aliphatic heterocycles. The van der Waals surface area contributed by atoms with Crippen molar-refractivity contribution in [2.24, 2.45) is 0 Å². The van der Waals surface area contributed by atoms with E-state index in [1.165, 1.54) is 4.90 Å². The molecular formula is C23H36N2O3. The highest BCUT2D eigenvalue weighted by Crippen LogP contribution is 2.40. The van der Waals surface area contributed by atoms with Crippen LogP contribution in [0, 0.1) is 0 Å². The van der Waals surface area contributed by atoms with E-state index in [4.69, 9.17) is 0 Å². The minimum Gasteiger partial charge on any atom is -0.507 e. The van der Waals surface area contributed by atoms with Gasteiger partial charge in [-0.1, -0.05) is 53.7 Å². The Labute approximate surface area is 169 Å². The molecule has 1 aliphatic carbocycles. The van der Waals surface area contributed by atoms with Crippen molar-refractivity contribution >= 4 is 11.8 Å². The third-order valence-corrected chi connectivity index (χ3v) is 5.16. The van der Waals surface area contributed by atoms with E-state index < -0.39 is 0 Å². The van der Waals surface area contributed by atoms with Gasteiger partial charge >= 0.3 is 0 Å². The molecule has 0 radical (unpaired) electrons. The first kappa shape index (κ1) is 22.3. The van der Waals surface area contributed by atoms with Gasteiger partial charge in [-0.2, -0.15) is 0 Å². The molecule has 2 N–H and O–H groups in total. The predicted octanol–water partition coefficient (Wildman–Crippen LogP) is 3.66. The van der Waals surface area contributed by atoms with Gasteiger partial charge in [0.25, 0.3) is 0 Å². The number of phenolic OH excluding ortho intramolecular Hbond substituents is 1. The molecule has 28 heavy (non-hydrogen) atoms. The highest BCUT2D eigenvalue weighted by molar-refractivity contribution is 5.85. The van der Waals surface area contributed by atoms with E-state index in [9.17, 15) is 14.7 Å². The van der Waals surface area contributed by atoms with Crippen molar-refractivity contribution in [3.63, 3.8) is 0 Å². The highest BCUT2D eigenvalue weighted by Gasteiger charge is 2.27. The van der Waals surface area contributed by atoms with Gasteiger partial charge in [0, 0.05) is 19.5 Å². The summed E-state index contributed by atoms with van der Waals surface area (Å²) in [6, 6.07) is 4.33. The monoisotopic (exact) mass is 388 g/mol. The van der Waals surface area contributed by atoms with Gasteiger partial charge in [0.2, 0.25) is 11.8 Å². The predicted molar refractivity (Wildman–Crippen MR) is 113 cm³/mol. The molecule has 2 rings (SSSR count). The van der Waals surface area contributed by atoms with E-state index in [0.717, 1.165) is 29.5 Å². The quantitative estimate of drug-likeness (QED) is 0.781. The first-order chi connectivity index (χ1) is 12.8. The van der Waals surface area contributed by atoms with Gasteiger partial charge in [-0.25, -0.2) is 0 Å². The Balaban J connectivity index is 2.09. The lowest BCUT2D eigenvalue weighted by Gasteiger charge is -2.28. The third kappa shape index (κ3) is 5.98. The number of carbonyl (C=O) groups excluding carboxylic acids is 2. The fourth-order valence-corrected chi connectivity index (χ4v) is 3.23. The lowest BCUT2D eigenvalue weighted by Crippen LogP contribution is -2.39. The number of likely N-dealkylation sites (N-methyl/N-ethyl adjacent to an activating group) is 1. The van der Waals surface area contributed by atoms with Gasteiger partial charge in [0.1, 0.15) is 5.75 Å². The first-order valence-electron chi connectivity index (χ1n) is 10.2. The van der Waals surface area contributed by atoms with Crippen molar-refractivity contribution in [3.05, 3.63) is 28.8 Å². The minimum atomic E-state index is -0.193. The summed E-state index contributed by atoms with van der Waals surface area (Å²) in [6.45, 7) is 12.6. The molecule has 1 aromatic rings. The molecule has 2 amide bonds. The van der Waals surface area contributed by atoms with Gasteiger partial charge in [0.15, 0.2) is 0 Å². The van der Waals surface area contributed by atoms with Crippen LogP contribution in [-0.2, 0) is 26.8 Å². The number of aromatic hydroxyl groups is 1. The molecule has 0 heterocycles. The Morgan fingerprint density at radius 2 is 1.57 bits per heavy atom. The summed E-state index contributed by atoms with van der Waals surface area (Å²) >= 11 is 0. The van der Waals surface area contributed by atoms with Crippen LogP contribution in [0.4, 0.5) is 0 Å². The largest absolute Gasteiger partial charge is 0.507 e. The zero-order valence-electron chi connectivity index (χ0n) is 18.5. The van der Waals surface area contributed by atoms with Crippen LogP contribution >= 0.6 is 0 Å². The summed E-state index contributed by atoms with van der Waals surface area (Å²) in [5.74, 6) is 0.214. The lowest BCUT2D eigenvalue weighted by atomic mass is 9.78. The van der Waals surface area contributed by atoms with Gasteiger partial charge in [-0.3, -0.25) is 9.59 Å². The number of nitrogens with zero attached hydrogens (tertiary/aromatic N) is 1. The van der Waals surface area contributed by atoms with E-state index in [-0.39, 0.29) is 29.2 Å². The fourth-order valence-electron chi connectivity index (χ4n) is 3.23. The number of aryl methyl sites for hydroxylation is 1. The molecule has 1 fully saturated rings. The third-order valence-electron chi connectivity index (χ3n) is 5.16. The summed E-state index contributed by atoms with van der Waals surface area (Å²) in [5, 5.41) is 13.7. The number of rotatable bonds is 6. The van der Waals surface area contributed by atoms with Crippen LogP contribution in [0.25, 0.3) is 0 Å².